The maximum absolute atomic E-state index is 12.5. The van der Waals surface area contributed by atoms with Crippen LogP contribution in [0.1, 0.15) is 37.0 Å². The Kier molecular flexibility index (Phi) is 6.19. The quantitative estimate of drug-likeness (QED) is 0.555. The van der Waals surface area contributed by atoms with E-state index in [2.05, 4.69) is 20.7 Å². The van der Waals surface area contributed by atoms with Gasteiger partial charge in [0.25, 0.3) is 5.91 Å². The summed E-state index contributed by atoms with van der Waals surface area (Å²) < 4.78 is 27.1. The van der Waals surface area contributed by atoms with Crippen molar-refractivity contribution in [2.75, 3.05) is 10.6 Å². The lowest BCUT2D eigenvalue weighted by atomic mass is 10.2. The van der Waals surface area contributed by atoms with Crippen molar-refractivity contribution in [2.45, 2.75) is 43.7 Å². The molecule has 0 aromatic heterocycles. The summed E-state index contributed by atoms with van der Waals surface area (Å²) in [4.78, 5) is 24.3. The molecular formula is C20H24N4O4S. The summed E-state index contributed by atoms with van der Waals surface area (Å²) in [7, 11) is -3.69. The Morgan fingerprint density at radius 2 is 1.59 bits per heavy atom. The third-order valence-electron chi connectivity index (χ3n) is 4.11. The Labute approximate surface area is 170 Å². The molecule has 1 saturated carbocycles. The lowest BCUT2D eigenvalue weighted by molar-refractivity contribution is 0.102. The molecule has 9 heteroatoms. The summed E-state index contributed by atoms with van der Waals surface area (Å²) in [5.41, 5.74) is 1.35. The number of urea groups is 1. The van der Waals surface area contributed by atoms with Gasteiger partial charge in [-0.25, -0.2) is 17.9 Å². The van der Waals surface area contributed by atoms with E-state index >= 15 is 0 Å². The van der Waals surface area contributed by atoms with Gasteiger partial charge in [-0.15, -0.1) is 0 Å². The Balaban J connectivity index is 1.64. The van der Waals surface area contributed by atoms with Crippen LogP contribution in [-0.2, 0) is 10.0 Å². The number of sulfonamides is 1. The van der Waals surface area contributed by atoms with Crippen LogP contribution in [0, 0.1) is 0 Å². The maximum Gasteiger partial charge on any atom is 0.319 e. The van der Waals surface area contributed by atoms with E-state index in [1.165, 1.54) is 18.2 Å². The molecule has 0 bridgehead atoms. The van der Waals surface area contributed by atoms with E-state index in [0.717, 1.165) is 12.8 Å². The van der Waals surface area contributed by atoms with Crippen LogP contribution in [0.15, 0.2) is 53.4 Å². The van der Waals surface area contributed by atoms with E-state index in [0.29, 0.717) is 11.4 Å². The zero-order valence-corrected chi connectivity index (χ0v) is 17.0. The second-order valence-corrected chi connectivity index (χ2v) is 8.92. The molecule has 0 unspecified atom stereocenters. The average Bonchev–Trinajstić information content (AvgIpc) is 3.46. The van der Waals surface area contributed by atoms with Gasteiger partial charge in [0.05, 0.1) is 4.90 Å². The molecule has 0 aliphatic heterocycles. The standard InChI is InChI=1S/C20H24N4O4S/c1-13(2)24-29(27,28)18-5-3-4-14(12-18)19(25)21-15-6-8-16(9-7-15)22-20(26)23-17-10-11-17/h3-9,12-13,17,24H,10-11H2,1-2H3,(H,21,25)(H2,22,23,26). The smallest absolute Gasteiger partial charge is 0.319 e. The topological polar surface area (TPSA) is 116 Å². The van der Waals surface area contributed by atoms with Gasteiger partial charge < -0.3 is 16.0 Å². The van der Waals surface area contributed by atoms with E-state index in [1.54, 1.807) is 44.2 Å². The third kappa shape index (κ3) is 6.03. The number of hydrogen-bond donors (Lipinski definition) is 4. The number of carbonyl (C=O) groups excluding carboxylic acids is 2. The number of anilines is 2. The molecule has 3 rings (SSSR count). The first-order valence-electron chi connectivity index (χ1n) is 9.34. The summed E-state index contributed by atoms with van der Waals surface area (Å²) in [6, 6.07) is 12.3. The largest absolute Gasteiger partial charge is 0.335 e. The normalized spacial score (nSPS) is 13.8. The van der Waals surface area contributed by atoms with Crippen molar-refractivity contribution in [1.29, 1.82) is 0 Å². The number of nitrogens with one attached hydrogen (secondary N) is 4. The van der Waals surface area contributed by atoms with Crippen molar-refractivity contribution in [2.24, 2.45) is 0 Å². The maximum atomic E-state index is 12.5. The van der Waals surface area contributed by atoms with Gasteiger partial charge in [0.1, 0.15) is 0 Å². The molecule has 2 aromatic rings. The first-order chi connectivity index (χ1) is 13.7. The fourth-order valence-corrected chi connectivity index (χ4v) is 3.90. The number of hydrogen-bond acceptors (Lipinski definition) is 4. The lowest BCUT2D eigenvalue weighted by Gasteiger charge is -2.11. The highest BCUT2D eigenvalue weighted by atomic mass is 32.2. The van der Waals surface area contributed by atoms with Crippen LogP contribution >= 0.6 is 0 Å². The minimum atomic E-state index is -3.69. The summed E-state index contributed by atoms with van der Waals surface area (Å²) >= 11 is 0. The van der Waals surface area contributed by atoms with Crippen molar-refractivity contribution in [3.8, 4) is 0 Å². The molecule has 1 fully saturated rings. The fourth-order valence-electron chi connectivity index (χ4n) is 2.60. The van der Waals surface area contributed by atoms with Crippen molar-refractivity contribution in [3.63, 3.8) is 0 Å². The first kappa shape index (κ1) is 20.8. The highest BCUT2D eigenvalue weighted by molar-refractivity contribution is 7.89. The van der Waals surface area contributed by atoms with Crippen molar-refractivity contribution in [3.05, 3.63) is 54.1 Å². The van der Waals surface area contributed by atoms with E-state index in [9.17, 15) is 18.0 Å². The van der Waals surface area contributed by atoms with E-state index < -0.39 is 15.9 Å². The summed E-state index contributed by atoms with van der Waals surface area (Å²) in [5.74, 6) is -0.432. The van der Waals surface area contributed by atoms with Gasteiger partial charge in [-0.2, -0.15) is 0 Å². The lowest BCUT2D eigenvalue weighted by Crippen LogP contribution is -2.30. The monoisotopic (exact) mass is 416 g/mol. The SMILES string of the molecule is CC(C)NS(=O)(=O)c1cccc(C(=O)Nc2ccc(NC(=O)NC3CC3)cc2)c1. The fraction of sp³-hybridized carbons (Fsp3) is 0.300. The molecule has 4 N–H and O–H groups in total. The van der Waals surface area contributed by atoms with Gasteiger partial charge in [-0.05, 0) is 69.2 Å². The Bertz CT molecular complexity index is 999. The second-order valence-electron chi connectivity index (χ2n) is 7.21. The number of carbonyl (C=O) groups is 2. The van der Waals surface area contributed by atoms with Crippen LogP contribution in [0.5, 0.6) is 0 Å². The van der Waals surface area contributed by atoms with Gasteiger partial charge in [-0.3, -0.25) is 4.79 Å². The van der Waals surface area contributed by atoms with Crippen molar-refractivity contribution >= 4 is 33.3 Å². The number of rotatable bonds is 7. The second kappa shape index (κ2) is 8.62. The van der Waals surface area contributed by atoms with Gasteiger partial charge in [0.2, 0.25) is 10.0 Å². The zero-order valence-electron chi connectivity index (χ0n) is 16.2. The molecule has 0 radical (unpaired) electrons. The molecule has 1 aliphatic carbocycles. The summed E-state index contributed by atoms with van der Waals surface area (Å²) in [6.07, 6.45) is 2.02. The van der Waals surface area contributed by atoms with Crippen LogP contribution in [0.3, 0.4) is 0 Å². The molecular weight excluding hydrogens is 392 g/mol. The highest BCUT2D eigenvalue weighted by Gasteiger charge is 2.23. The molecule has 0 saturated heterocycles. The predicted octanol–water partition coefficient (Wildman–Crippen LogP) is 2.91. The molecule has 2 aromatic carbocycles. The van der Waals surface area contributed by atoms with Gasteiger partial charge in [0.15, 0.2) is 0 Å². The van der Waals surface area contributed by atoms with E-state index in [-0.39, 0.29) is 28.6 Å². The van der Waals surface area contributed by atoms with Gasteiger partial charge >= 0.3 is 6.03 Å². The van der Waals surface area contributed by atoms with Crippen LogP contribution in [0.4, 0.5) is 16.2 Å². The van der Waals surface area contributed by atoms with Crippen LogP contribution < -0.4 is 20.7 Å². The Hall–Kier alpha value is -2.91. The minimum absolute atomic E-state index is 0.0278. The van der Waals surface area contributed by atoms with Crippen LogP contribution in [0.25, 0.3) is 0 Å². The third-order valence-corrected chi connectivity index (χ3v) is 5.77. The summed E-state index contributed by atoms with van der Waals surface area (Å²) in [6.45, 7) is 3.45. The van der Waals surface area contributed by atoms with Crippen LogP contribution in [0.2, 0.25) is 0 Å². The molecule has 3 amide bonds. The first-order valence-corrected chi connectivity index (χ1v) is 10.8. The average molecular weight is 417 g/mol. The molecule has 1 aliphatic rings. The highest BCUT2D eigenvalue weighted by Crippen LogP contribution is 2.20. The molecule has 0 heterocycles. The number of benzene rings is 2. The van der Waals surface area contributed by atoms with E-state index in [1.807, 2.05) is 0 Å². The van der Waals surface area contributed by atoms with E-state index in [4.69, 9.17) is 0 Å². The van der Waals surface area contributed by atoms with Gasteiger partial charge in [0, 0.05) is 29.0 Å². The minimum Gasteiger partial charge on any atom is -0.335 e. The van der Waals surface area contributed by atoms with Crippen molar-refractivity contribution < 1.29 is 18.0 Å². The van der Waals surface area contributed by atoms with Crippen molar-refractivity contribution in [1.82, 2.24) is 10.0 Å². The van der Waals surface area contributed by atoms with Crippen LogP contribution in [-0.4, -0.2) is 32.4 Å². The molecule has 29 heavy (non-hydrogen) atoms. The molecule has 0 atom stereocenters. The molecule has 0 spiro atoms. The van der Waals surface area contributed by atoms with Gasteiger partial charge in [-0.1, -0.05) is 6.07 Å². The predicted molar refractivity (Wildman–Crippen MR) is 111 cm³/mol. The zero-order chi connectivity index (χ0) is 21.0. The number of amides is 3. The summed E-state index contributed by atoms with van der Waals surface area (Å²) in [5, 5.41) is 8.27. The molecule has 154 valence electrons. The Morgan fingerprint density at radius 3 is 2.17 bits per heavy atom. The molecule has 8 nitrogen and oxygen atoms in total. The Morgan fingerprint density at radius 1 is 0.966 bits per heavy atom.